The van der Waals surface area contributed by atoms with Gasteiger partial charge in [0, 0.05) is 36.0 Å². The van der Waals surface area contributed by atoms with Crippen molar-refractivity contribution in [3.63, 3.8) is 0 Å². The molecule has 2 amide bonds. The molecule has 6 nitrogen and oxygen atoms in total. The van der Waals surface area contributed by atoms with Crippen molar-refractivity contribution in [2.24, 2.45) is 0 Å². The number of amides is 2. The molecule has 0 unspecified atom stereocenters. The number of carbonyl (C=O) groups is 2. The van der Waals surface area contributed by atoms with Crippen molar-refractivity contribution in [2.45, 2.75) is 26.3 Å². The van der Waals surface area contributed by atoms with E-state index in [0.717, 1.165) is 41.1 Å². The number of benzene rings is 2. The number of methoxy groups -OCH3 is 1. The van der Waals surface area contributed by atoms with Crippen molar-refractivity contribution in [2.75, 3.05) is 19.0 Å². The summed E-state index contributed by atoms with van der Waals surface area (Å²) >= 11 is 1.37. The Hall–Kier alpha value is -3.19. The molecule has 2 aromatic carbocycles. The largest absolute Gasteiger partial charge is 0.496 e. The van der Waals surface area contributed by atoms with Crippen LogP contribution in [0.25, 0.3) is 11.3 Å². The molecular weight excluding hydrogens is 398 g/mol. The van der Waals surface area contributed by atoms with E-state index in [2.05, 4.69) is 10.3 Å². The Bertz CT molecular complexity index is 1090. The molecule has 0 spiro atoms. The molecule has 1 aromatic heterocycles. The fourth-order valence-corrected chi connectivity index (χ4v) is 4.25. The fourth-order valence-electron chi connectivity index (χ4n) is 3.55. The Kier molecular flexibility index (Phi) is 5.81. The highest BCUT2D eigenvalue weighted by atomic mass is 32.1. The van der Waals surface area contributed by atoms with Gasteiger partial charge in [0.05, 0.1) is 12.8 Å². The van der Waals surface area contributed by atoms with Crippen molar-refractivity contribution >= 4 is 28.3 Å². The number of ether oxygens (including phenoxy) is 1. The predicted molar refractivity (Wildman–Crippen MR) is 118 cm³/mol. The number of thiazole rings is 1. The second kappa shape index (κ2) is 8.67. The highest BCUT2D eigenvalue weighted by molar-refractivity contribution is 7.14. The Morgan fingerprint density at radius 1 is 1.27 bits per heavy atom. The van der Waals surface area contributed by atoms with Crippen LogP contribution in [0, 0.1) is 6.92 Å². The van der Waals surface area contributed by atoms with Crippen molar-refractivity contribution in [3.05, 3.63) is 64.5 Å². The van der Waals surface area contributed by atoms with E-state index >= 15 is 0 Å². The topological polar surface area (TPSA) is 71.5 Å². The molecule has 4 rings (SSSR count). The number of nitrogens with one attached hydrogen (secondary N) is 1. The molecule has 154 valence electrons. The van der Waals surface area contributed by atoms with E-state index < -0.39 is 0 Å². The van der Waals surface area contributed by atoms with Gasteiger partial charge >= 0.3 is 0 Å². The third kappa shape index (κ3) is 4.36. The molecule has 1 saturated heterocycles. The van der Waals surface area contributed by atoms with E-state index in [9.17, 15) is 9.59 Å². The number of hydrogen-bond donors (Lipinski definition) is 1. The second-order valence-electron chi connectivity index (χ2n) is 7.31. The summed E-state index contributed by atoms with van der Waals surface area (Å²) in [5.74, 6) is 0.696. The molecule has 2 heterocycles. The highest BCUT2D eigenvalue weighted by Crippen LogP contribution is 2.33. The number of aryl methyl sites for hydroxylation is 1. The Balaban J connectivity index is 1.48. The summed E-state index contributed by atoms with van der Waals surface area (Å²) in [6.07, 6.45) is 1.51. The summed E-state index contributed by atoms with van der Waals surface area (Å²) in [5, 5.41) is 5.31. The van der Waals surface area contributed by atoms with Crippen LogP contribution in [0.4, 0.5) is 5.13 Å². The van der Waals surface area contributed by atoms with Gasteiger partial charge in [-0.25, -0.2) is 4.98 Å². The first-order valence-electron chi connectivity index (χ1n) is 9.82. The normalized spacial score (nSPS) is 13.5. The van der Waals surface area contributed by atoms with Gasteiger partial charge in [0.2, 0.25) is 5.91 Å². The van der Waals surface area contributed by atoms with Crippen molar-refractivity contribution < 1.29 is 14.3 Å². The summed E-state index contributed by atoms with van der Waals surface area (Å²) in [6, 6.07) is 13.3. The molecular formula is C23H23N3O3S. The quantitative estimate of drug-likeness (QED) is 0.636. The van der Waals surface area contributed by atoms with Crippen LogP contribution in [0.5, 0.6) is 5.75 Å². The zero-order valence-electron chi connectivity index (χ0n) is 17.0. The summed E-state index contributed by atoms with van der Waals surface area (Å²) in [7, 11) is 1.63. The lowest BCUT2D eigenvalue weighted by Crippen LogP contribution is -2.24. The van der Waals surface area contributed by atoms with Gasteiger partial charge in [0.15, 0.2) is 5.13 Å². The SMILES string of the molecule is COc1ccc(C)cc1-c1csc(NC(=O)c2cccc(CN3CCCC3=O)c2)n1. The number of anilines is 1. The molecule has 0 aliphatic carbocycles. The fraction of sp³-hybridized carbons (Fsp3) is 0.261. The molecule has 1 N–H and O–H groups in total. The monoisotopic (exact) mass is 421 g/mol. The molecule has 3 aromatic rings. The van der Waals surface area contributed by atoms with E-state index in [1.54, 1.807) is 13.2 Å². The maximum absolute atomic E-state index is 12.7. The van der Waals surface area contributed by atoms with Crippen LogP contribution in [0.1, 0.15) is 34.3 Å². The minimum Gasteiger partial charge on any atom is -0.496 e. The first-order chi connectivity index (χ1) is 14.5. The van der Waals surface area contributed by atoms with Crippen LogP contribution >= 0.6 is 11.3 Å². The molecule has 1 aliphatic heterocycles. The van der Waals surface area contributed by atoms with Crippen molar-refractivity contribution in [1.29, 1.82) is 0 Å². The van der Waals surface area contributed by atoms with Gasteiger partial charge in [-0.3, -0.25) is 14.9 Å². The van der Waals surface area contributed by atoms with Crippen LogP contribution in [0.15, 0.2) is 47.8 Å². The lowest BCUT2D eigenvalue weighted by molar-refractivity contribution is -0.128. The number of nitrogens with zero attached hydrogens (tertiary/aromatic N) is 2. The minimum absolute atomic E-state index is 0.173. The zero-order chi connectivity index (χ0) is 21.1. The number of carbonyl (C=O) groups excluding carboxylic acids is 2. The van der Waals surface area contributed by atoms with Gasteiger partial charge in [-0.15, -0.1) is 11.3 Å². The summed E-state index contributed by atoms with van der Waals surface area (Å²) in [4.78, 5) is 31.0. The summed E-state index contributed by atoms with van der Waals surface area (Å²) < 4.78 is 5.44. The third-order valence-corrected chi connectivity index (χ3v) is 5.85. The van der Waals surface area contributed by atoms with Crippen LogP contribution in [-0.4, -0.2) is 35.4 Å². The maximum Gasteiger partial charge on any atom is 0.257 e. The van der Waals surface area contributed by atoms with Gasteiger partial charge in [-0.1, -0.05) is 23.8 Å². The molecule has 0 bridgehead atoms. The molecule has 30 heavy (non-hydrogen) atoms. The van der Waals surface area contributed by atoms with E-state index in [1.165, 1.54) is 11.3 Å². The second-order valence-corrected chi connectivity index (χ2v) is 8.17. The van der Waals surface area contributed by atoms with Gasteiger partial charge in [0.1, 0.15) is 5.75 Å². The number of aromatic nitrogens is 1. The van der Waals surface area contributed by atoms with E-state index in [1.807, 2.05) is 53.6 Å². The van der Waals surface area contributed by atoms with Crippen LogP contribution in [0.2, 0.25) is 0 Å². The zero-order valence-corrected chi connectivity index (χ0v) is 17.8. The standard InChI is InChI=1S/C23H23N3O3S/c1-15-8-9-20(29-2)18(11-15)19-14-30-23(24-19)25-22(28)17-6-3-5-16(12-17)13-26-10-4-7-21(26)27/h3,5-6,8-9,11-12,14H,4,7,10,13H2,1-2H3,(H,24,25,28). The van der Waals surface area contributed by atoms with Crippen molar-refractivity contribution in [3.8, 4) is 17.0 Å². The number of rotatable bonds is 6. The highest BCUT2D eigenvalue weighted by Gasteiger charge is 2.20. The van der Waals surface area contributed by atoms with Gasteiger partial charge in [0.25, 0.3) is 5.91 Å². The van der Waals surface area contributed by atoms with Crippen molar-refractivity contribution in [1.82, 2.24) is 9.88 Å². The molecule has 1 fully saturated rings. The molecule has 1 aliphatic rings. The molecule has 0 radical (unpaired) electrons. The lowest BCUT2D eigenvalue weighted by Gasteiger charge is -2.15. The van der Waals surface area contributed by atoms with Crippen LogP contribution < -0.4 is 10.1 Å². The molecule has 0 saturated carbocycles. The van der Waals surface area contributed by atoms with Crippen LogP contribution in [0.3, 0.4) is 0 Å². The van der Waals surface area contributed by atoms with E-state index in [-0.39, 0.29) is 11.8 Å². The molecule has 7 heteroatoms. The van der Waals surface area contributed by atoms with E-state index in [0.29, 0.717) is 23.7 Å². The van der Waals surface area contributed by atoms with Gasteiger partial charge in [-0.2, -0.15) is 0 Å². The average molecular weight is 422 g/mol. The first kappa shape index (κ1) is 20.1. The lowest BCUT2D eigenvalue weighted by atomic mass is 10.1. The smallest absolute Gasteiger partial charge is 0.257 e. The maximum atomic E-state index is 12.7. The third-order valence-electron chi connectivity index (χ3n) is 5.09. The predicted octanol–water partition coefficient (Wildman–Crippen LogP) is 4.50. The van der Waals surface area contributed by atoms with E-state index in [4.69, 9.17) is 4.74 Å². The first-order valence-corrected chi connectivity index (χ1v) is 10.7. The van der Waals surface area contributed by atoms with Crippen LogP contribution in [-0.2, 0) is 11.3 Å². The number of likely N-dealkylation sites (tertiary alicyclic amines) is 1. The van der Waals surface area contributed by atoms with Gasteiger partial charge < -0.3 is 9.64 Å². The van der Waals surface area contributed by atoms with Gasteiger partial charge in [-0.05, 0) is 43.2 Å². The Morgan fingerprint density at radius 3 is 2.90 bits per heavy atom. The Labute approximate surface area is 179 Å². The summed E-state index contributed by atoms with van der Waals surface area (Å²) in [6.45, 7) is 3.33. The molecule has 0 atom stereocenters. The Morgan fingerprint density at radius 2 is 2.13 bits per heavy atom. The average Bonchev–Trinajstić information content (AvgIpc) is 3.37. The number of hydrogen-bond acceptors (Lipinski definition) is 5. The minimum atomic E-state index is -0.221. The summed E-state index contributed by atoms with van der Waals surface area (Å²) in [5.41, 5.74) is 4.26.